The van der Waals surface area contributed by atoms with E-state index in [-0.39, 0.29) is 44.2 Å². The molecule has 1 unspecified atom stereocenters. The summed E-state index contributed by atoms with van der Waals surface area (Å²) in [5, 5.41) is 32.2. The third-order valence-electron chi connectivity index (χ3n) is 6.27. The molecule has 4 amide bonds. The lowest BCUT2D eigenvalue weighted by Gasteiger charge is -2.18. The fourth-order valence-electron chi connectivity index (χ4n) is 4.10. The summed E-state index contributed by atoms with van der Waals surface area (Å²) >= 11 is 5.33. The maximum Gasteiger partial charge on any atom is 0.326 e. The predicted octanol–water partition coefficient (Wildman–Crippen LogP) is 1.18. The number of carbonyl (C=O) groups is 5. The van der Waals surface area contributed by atoms with Crippen molar-refractivity contribution in [2.75, 3.05) is 18.4 Å². The Morgan fingerprint density at radius 3 is 2.09 bits per heavy atom. The number of hydrogen-bond acceptors (Lipinski definition) is 7. The highest BCUT2D eigenvalue weighted by molar-refractivity contribution is 7.80. The third kappa shape index (κ3) is 18.2. The van der Waals surface area contributed by atoms with Crippen LogP contribution in [0.2, 0.25) is 0 Å². The number of carbonyl (C=O) groups excluding carboxylic acids is 3. The Balaban J connectivity index is 2.33. The number of nitrogens with one attached hydrogen (secondary N) is 5. The van der Waals surface area contributed by atoms with Crippen LogP contribution in [0.4, 0.5) is 10.5 Å². The van der Waals surface area contributed by atoms with Crippen molar-refractivity contribution in [2.24, 2.45) is 11.5 Å². The van der Waals surface area contributed by atoms with Gasteiger partial charge in [0.1, 0.15) is 12.1 Å². The van der Waals surface area contributed by atoms with Gasteiger partial charge in [0.2, 0.25) is 11.8 Å². The lowest BCUT2D eigenvalue weighted by Crippen LogP contribution is -2.47. The highest BCUT2D eigenvalue weighted by Crippen LogP contribution is 2.11. The van der Waals surface area contributed by atoms with Crippen molar-refractivity contribution in [1.29, 1.82) is 0 Å². The fraction of sp³-hybridized carbons (Fsp3) is 0.571. The summed E-state index contributed by atoms with van der Waals surface area (Å²) < 4.78 is 0. The predicted molar refractivity (Wildman–Crippen MR) is 166 cm³/mol. The maximum absolute atomic E-state index is 12.6. The molecule has 15 heteroatoms. The van der Waals surface area contributed by atoms with Crippen molar-refractivity contribution < 1.29 is 34.2 Å². The zero-order chi connectivity index (χ0) is 32.2. The van der Waals surface area contributed by atoms with Crippen LogP contribution in [0, 0.1) is 0 Å². The van der Waals surface area contributed by atoms with Gasteiger partial charge in [0, 0.05) is 37.7 Å². The van der Waals surface area contributed by atoms with E-state index < -0.39 is 36.0 Å². The van der Waals surface area contributed by atoms with Crippen molar-refractivity contribution >= 4 is 52.8 Å². The highest BCUT2D eigenvalue weighted by Gasteiger charge is 2.22. The molecule has 0 heterocycles. The minimum Gasteiger partial charge on any atom is -0.481 e. The van der Waals surface area contributed by atoms with Gasteiger partial charge in [-0.05, 0) is 81.8 Å². The number of carboxylic acid groups (broad SMARTS) is 2. The first kappa shape index (κ1) is 37.0. The number of hydrogen-bond donors (Lipinski definition) is 9. The van der Waals surface area contributed by atoms with Gasteiger partial charge in [-0.3, -0.25) is 14.4 Å². The number of anilines is 1. The summed E-state index contributed by atoms with van der Waals surface area (Å²) in [6, 6.07) is 4.90. The zero-order valence-electron chi connectivity index (χ0n) is 24.5. The van der Waals surface area contributed by atoms with Crippen LogP contribution >= 0.6 is 12.2 Å². The molecular formula is C28H45N7O7S. The van der Waals surface area contributed by atoms with Crippen molar-refractivity contribution in [3.8, 4) is 0 Å². The zero-order valence-corrected chi connectivity index (χ0v) is 25.3. The van der Waals surface area contributed by atoms with E-state index in [1.54, 1.807) is 0 Å². The molecule has 14 nitrogen and oxygen atoms in total. The Bertz CT molecular complexity index is 1070. The van der Waals surface area contributed by atoms with Gasteiger partial charge in [-0.25, -0.2) is 9.59 Å². The lowest BCUT2D eigenvalue weighted by atomic mass is 10.1. The number of aliphatic carboxylic acids is 2. The number of carboxylic acids is 2. The van der Waals surface area contributed by atoms with E-state index in [2.05, 4.69) is 26.6 Å². The second kappa shape index (κ2) is 20.8. The van der Waals surface area contributed by atoms with Crippen molar-refractivity contribution in [3.05, 3.63) is 29.8 Å². The van der Waals surface area contributed by atoms with E-state index >= 15 is 0 Å². The summed E-state index contributed by atoms with van der Waals surface area (Å²) in [6.45, 7) is 2.76. The van der Waals surface area contributed by atoms with E-state index in [0.717, 1.165) is 30.5 Å². The Morgan fingerprint density at radius 1 is 0.837 bits per heavy atom. The van der Waals surface area contributed by atoms with Gasteiger partial charge in [-0.1, -0.05) is 18.6 Å². The van der Waals surface area contributed by atoms with Crippen molar-refractivity contribution in [1.82, 2.24) is 21.3 Å². The van der Waals surface area contributed by atoms with Gasteiger partial charge in [-0.15, -0.1) is 0 Å². The standard InChI is InChI=1S/C28H45N7O7S/c1-18(29)17-19-9-11-20(12-10-19)33-28(43)32-16-5-2-3-8-23(36)34-21(13-14-24(37)38)25(39)31-15-6-4-7-22(26(40)41)35-27(30)42/h9-12,18,21-22H,2-8,13-17,29H2,1H3,(H,31,39)(H,34,36)(H,37,38)(H,40,41)(H3,30,35,42)(H2,32,33,43)/t18?,21-,22-/m0/s1. The van der Waals surface area contributed by atoms with Crippen LogP contribution in [0.5, 0.6) is 0 Å². The molecule has 11 N–H and O–H groups in total. The number of nitrogens with two attached hydrogens (primary N) is 2. The van der Waals surface area contributed by atoms with Gasteiger partial charge < -0.3 is 48.3 Å². The molecule has 1 aromatic rings. The van der Waals surface area contributed by atoms with Gasteiger partial charge in [0.25, 0.3) is 0 Å². The van der Waals surface area contributed by atoms with Crippen LogP contribution in [0.15, 0.2) is 24.3 Å². The van der Waals surface area contributed by atoms with Gasteiger partial charge in [0.05, 0.1) is 0 Å². The topological polar surface area (TPSA) is 238 Å². The number of thiocarbonyl (C=S) groups is 1. The molecule has 1 aromatic carbocycles. The van der Waals surface area contributed by atoms with E-state index in [1.165, 1.54) is 0 Å². The second-order valence-electron chi connectivity index (χ2n) is 10.3. The average Bonchev–Trinajstić information content (AvgIpc) is 2.92. The Hall–Kier alpha value is -3.98. The number of urea groups is 1. The Labute approximate surface area is 257 Å². The first-order valence-corrected chi connectivity index (χ1v) is 14.7. The van der Waals surface area contributed by atoms with Gasteiger partial charge in [-0.2, -0.15) is 0 Å². The molecule has 0 saturated carbocycles. The molecule has 3 atom stereocenters. The van der Waals surface area contributed by atoms with E-state index in [1.807, 2.05) is 31.2 Å². The Morgan fingerprint density at radius 2 is 1.49 bits per heavy atom. The molecule has 0 aromatic heterocycles. The molecule has 1 rings (SSSR count). The van der Waals surface area contributed by atoms with Crippen LogP contribution < -0.4 is 38.1 Å². The molecule has 0 aliphatic heterocycles. The molecule has 0 saturated heterocycles. The van der Waals surface area contributed by atoms with Gasteiger partial charge in [0.15, 0.2) is 5.11 Å². The molecule has 43 heavy (non-hydrogen) atoms. The molecular weight excluding hydrogens is 578 g/mol. The molecule has 0 aliphatic carbocycles. The molecule has 0 fully saturated rings. The van der Waals surface area contributed by atoms with Crippen LogP contribution in [0.3, 0.4) is 0 Å². The number of benzene rings is 1. The first-order chi connectivity index (χ1) is 20.4. The van der Waals surface area contributed by atoms with E-state index in [9.17, 15) is 24.0 Å². The Kier molecular flexibility index (Phi) is 17.9. The minimum absolute atomic E-state index is 0.0697. The number of unbranched alkanes of at least 4 members (excludes halogenated alkanes) is 3. The van der Waals surface area contributed by atoms with Crippen LogP contribution in [-0.2, 0) is 25.6 Å². The normalized spacial score (nSPS) is 12.7. The number of rotatable bonds is 21. The highest BCUT2D eigenvalue weighted by atomic mass is 32.1. The quantitative estimate of drug-likeness (QED) is 0.0696. The molecule has 0 radical (unpaired) electrons. The fourth-order valence-corrected chi connectivity index (χ4v) is 4.32. The monoisotopic (exact) mass is 623 g/mol. The summed E-state index contributed by atoms with van der Waals surface area (Å²) in [6.07, 6.45) is 3.59. The number of amides is 4. The summed E-state index contributed by atoms with van der Waals surface area (Å²) in [5.41, 5.74) is 12.8. The van der Waals surface area contributed by atoms with Crippen LogP contribution in [0.25, 0.3) is 0 Å². The van der Waals surface area contributed by atoms with Crippen molar-refractivity contribution in [2.45, 2.75) is 89.3 Å². The summed E-state index contributed by atoms with van der Waals surface area (Å²) in [5.74, 6) is -3.18. The molecule has 0 spiro atoms. The van der Waals surface area contributed by atoms with Crippen LogP contribution in [-0.4, -0.2) is 76.3 Å². The molecule has 240 valence electrons. The summed E-state index contributed by atoms with van der Waals surface area (Å²) in [4.78, 5) is 58.1. The smallest absolute Gasteiger partial charge is 0.326 e. The SMILES string of the molecule is CC(N)Cc1ccc(NC(=S)NCCCCCC(=O)N[C@@H](CCC(=O)O)C(=O)NCCCC[C@H](NC(N)=O)C(=O)O)cc1. The third-order valence-corrected chi connectivity index (χ3v) is 6.51. The lowest BCUT2D eigenvalue weighted by molar-refractivity contribution is -0.139. The largest absolute Gasteiger partial charge is 0.481 e. The minimum atomic E-state index is -1.22. The maximum atomic E-state index is 12.6. The first-order valence-electron chi connectivity index (χ1n) is 14.3. The second-order valence-corrected chi connectivity index (χ2v) is 10.7. The molecule has 0 bridgehead atoms. The van der Waals surface area contributed by atoms with Gasteiger partial charge >= 0.3 is 18.0 Å². The summed E-state index contributed by atoms with van der Waals surface area (Å²) in [7, 11) is 0. The van der Waals surface area contributed by atoms with E-state index in [0.29, 0.717) is 30.9 Å². The molecule has 0 aliphatic rings. The number of primary amides is 1. The van der Waals surface area contributed by atoms with E-state index in [4.69, 9.17) is 33.9 Å². The van der Waals surface area contributed by atoms with Crippen LogP contribution in [0.1, 0.15) is 70.3 Å². The van der Waals surface area contributed by atoms with Crippen molar-refractivity contribution in [3.63, 3.8) is 0 Å². The average molecular weight is 624 g/mol.